The summed E-state index contributed by atoms with van der Waals surface area (Å²) in [5.74, 6) is 1.61. The fourth-order valence-corrected chi connectivity index (χ4v) is 3.40. The third kappa shape index (κ3) is 6.23. The number of guanidine groups is 1. The van der Waals surface area contributed by atoms with Crippen LogP contribution in [0.5, 0.6) is 5.75 Å². The van der Waals surface area contributed by atoms with Crippen molar-refractivity contribution >= 4 is 46.3 Å². The predicted octanol–water partition coefficient (Wildman–Crippen LogP) is 4.12. The van der Waals surface area contributed by atoms with Crippen LogP contribution >= 0.6 is 23.6 Å². The topological polar surface area (TPSA) is 83.5 Å². The van der Waals surface area contributed by atoms with Gasteiger partial charge in [-0.3, -0.25) is 5.32 Å². The number of nitrogens with one attached hydrogen (secondary N) is 3. The van der Waals surface area contributed by atoms with Gasteiger partial charge in [-0.15, -0.1) is 11.3 Å². The Morgan fingerprint density at radius 3 is 2.55 bits per heavy atom. The summed E-state index contributed by atoms with van der Waals surface area (Å²) in [5.41, 5.74) is 2.49. The van der Waals surface area contributed by atoms with E-state index < -0.39 is 0 Å². The second kappa shape index (κ2) is 9.94. The number of hydrogen-bond donors (Lipinski definition) is 3. The van der Waals surface area contributed by atoms with Crippen molar-refractivity contribution in [1.82, 2.24) is 15.3 Å². The molecule has 3 rings (SSSR count). The zero-order valence-electron chi connectivity index (χ0n) is 16.4. The first-order chi connectivity index (χ1) is 14.0. The highest BCUT2D eigenvalue weighted by molar-refractivity contribution is 7.80. The quantitative estimate of drug-likeness (QED) is 0.322. The molecule has 0 aliphatic heterocycles. The van der Waals surface area contributed by atoms with Gasteiger partial charge in [-0.1, -0.05) is 18.2 Å². The molecule has 29 heavy (non-hydrogen) atoms. The normalized spacial score (nSPS) is 11.1. The van der Waals surface area contributed by atoms with Crippen molar-refractivity contribution in [3.63, 3.8) is 0 Å². The second-order valence-corrected chi connectivity index (χ2v) is 7.56. The van der Waals surface area contributed by atoms with Crippen LogP contribution in [0.1, 0.15) is 16.3 Å². The lowest BCUT2D eigenvalue weighted by Crippen LogP contribution is -2.39. The molecule has 2 heterocycles. The number of hydrogen-bond acceptors (Lipinski definition) is 6. The molecule has 0 aliphatic rings. The summed E-state index contributed by atoms with van der Waals surface area (Å²) in [6.07, 6.45) is 0. The van der Waals surface area contributed by atoms with Crippen LogP contribution in [0.2, 0.25) is 0 Å². The number of benzene rings is 1. The number of aromatic nitrogens is 2. The molecular formula is C20H22N6OS2. The van der Waals surface area contributed by atoms with Gasteiger partial charge in [0.15, 0.2) is 5.11 Å². The summed E-state index contributed by atoms with van der Waals surface area (Å²) in [6, 6.07) is 13.5. The number of ether oxygens (including phenoxy) is 1. The molecule has 0 fully saturated rings. The van der Waals surface area contributed by atoms with E-state index in [4.69, 9.17) is 17.0 Å². The van der Waals surface area contributed by atoms with Gasteiger partial charge in [-0.25, -0.2) is 15.0 Å². The van der Waals surface area contributed by atoms with E-state index in [0.717, 1.165) is 22.0 Å². The molecule has 1 aromatic carbocycles. The zero-order valence-corrected chi connectivity index (χ0v) is 18.0. The number of anilines is 2. The number of thiocarbonyl (C=S) groups is 1. The Balaban J connectivity index is 1.76. The van der Waals surface area contributed by atoms with Crippen LogP contribution in [0.3, 0.4) is 0 Å². The molecule has 0 saturated heterocycles. The smallest absolute Gasteiger partial charge is 0.229 e. The lowest BCUT2D eigenvalue weighted by molar-refractivity contribution is 0.417. The Bertz CT molecular complexity index is 984. The van der Waals surface area contributed by atoms with Crippen molar-refractivity contribution in [3.05, 3.63) is 64.1 Å². The minimum absolute atomic E-state index is 0.372. The fourth-order valence-electron chi connectivity index (χ4n) is 2.57. The third-order valence-electron chi connectivity index (χ3n) is 3.77. The number of aryl methyl sites for hydroxylation is 2. The van der Waals surface area contributed by atoms with Gasteiger partial charge in [0, 0.05) is 16.3 Å². The van der Waals surface area contributed by atoms with Crippen LogP contribution in [0, 0.1) is 13.8 Å². The molecule has 0 atom stereocenters. The Labute approximate surface area is 179 Å². The van der Waals surface area contributed by atoms with Gasteiger partial charge in [0.25, 0.3) is 0 Å². The third-order valence-corrected chi connectivity index (χ3v) is 4.84. The van der Waals surface area contributed by atoms with E-state index in [1.54, 1.807) is 18.4 Å². The van der Waals surface area contributed by atoms with Crippen molar-refractivity contribution in [2.45, 2.75) is 20.4 Å². The van der Waals surface area contributed by atoms with Crippen molar-refractivity contribution in [2.75, 3.05) is 17.7 Å². The van der Waals surface area contributed by atoms with Crippen LogP contribution in [0.4, 0.5) is 11.6 Å². The molecular weight excluding hydrogens is 404 g/mol. The number of rotatable bonds is 5. The maximum atomic E-state index is 5.47. The van der Waals surface area contributed by atoms with E-state index in [-0.39, 0.29) is 0 Å². The first-order valence-corrected chi connectivity index (χ1v) is 10.2. The summed E-state index contributed by atoms with van der Waals surface area (Å²) >= 11 is 7.11. The molecule has 3 N–H and O–H groups in total. The molecule has 0 bridgehead atoms. The molecule has 150 valence electrons. The summed E-state index contributed by atoms with van der Waals surface area (Å²) in [4.78, 5) is 14.6. The van der Waals surface area contributed by atoms with E-state index in [2.05, 4.69) is 30.9 Å². The van der Waals surface area contributed by atoms with Gasteiger partial charge < -0.3 is 15.4 Å². The average Bonchev–Trinajstić information content (AvgIpc) is 3.19. The maximum Gasteiger partial charge on any atom is 0.229 e. The second-order valence-electron chi connectivity index (χ2n) is 6.12. The number of para-hydroxylation sites is 2. The molecule has 0 amide bonds. The van der Waals surface area contributed by atoms with Crippen molar-refractivity contribution in [3.8, 4) is 5.75 Å². The lowest BCUT2D eigenvalue weighted by Gasteiger charge is -2.15. The van der Waals surface area contributed by atoms with Crippen LogP contribution in [0.25, 0.3) is 0 Å². The van der Waals surface area contributed by atoms with Gasteiger partial charge in [0.1, 0.15) is 5.75 Å². The maximum absolute atomic E-state index is 5.47. The number of aliphatic imine (C=N–C) groups is 1. The van der Waals surface area contributed by atoms with Gasteiger partial charge in [0.05, 0.1) is 19.3 Å². The van der Waals surface area contributed by atoms with Gasteiger partial charge in [0.2, 0.25) is 11.9 Å². The molecule has 3 aromatic rings. The monoisotopic (exact) mass is 426 g/mol. The first kappa shape index (κ1) is 20.7. The Kier molecular flexibility index (Phi) is 7.09. The first-order valence-electron chi connectivity index (χ1n) is 8.90. The Hall–Kier alpha value is -3.04. The van der Waals surface area contributed by atoms with E-state index in [9.17, 15) is 0 Å². The highest BCUT2D eigenvalue weighted by Crippen LogP contribution is 2.22. The van der Waals surface area contributed by atoms with Crippen molar-refractivity contribution < 1.29 is 4.74 Å². The fraction of sp³-hybridized carbons (Fsp3) is 0.200. The van der Waals surface area contributed by atoms with E-state index >= 15 is 0 Å². The minimum Gasteiger partial charge on any atom is -0.495 e. The molecule has 9 heteroatoms. The SMILES string of the molecule is COc1ccccc1NC(=S)NC(=NCc1cccs1)Nc1nc(C)cc(C)n1. The van der Waals surface area contributed by atoms with Crippen LogP contribution in [-0.4, -0.2) is 28.1 Å². The number of methoxy groups -OCH3 is 1. The van der Waals surface area contributed by atoms with Crippen LogP contribution in [-0.2, 0) is 6.54 Å². The lowest BCUT2D eigenvalue weighted by atomic mass is 10.3. The van der Waals surface area contributed by atoms with E-state index in [1.807, 2.05) is 61.7 Å². The Morgan fingerprint density at radius 2 is 1.86 bits per heavy atom. The highest BCUT2D eigenvalue weighted by Gasteiger charge is 2.09. The van der Waals surface area contributed by atoms with Crippen molar-refractivity contribution in [2.24, 2.45) is 4.99 Å². The molecule has 0 radical (unpaired) electrons. The zero-order chi connectivity index (χ0) is 20.6. The molecule has 0 spiro atoms. The van der Waals surface area contributed by atoms with Crippen molar-refractivity contribution in [1.29, 1.82) is 0 Å². The Morgan fingerprint density at radius 1 is 1.10 bits per heavy atom. The summed E-state index contributed by atoms with van der Waals surface area (Å²) in [7, 11) is 1.61. The van der Waals surface area contributed by atoms with E-state index in [0.29, 0.717) is 29.3 Å². The highest BCUT2D eigenvalue weighted by atomic mass is 32.1. The van der Waals surface area contributed by atoms with Gasteiger partial charge >= 0.3 is 0 Å². The standard InChI is InChI=1S/C20H22N6OS2/c1-13-11-14(2)23-19(22-13)25-18(21-12-15-7-6-10-29-15)26-20(28)24-16-8-4-5-9-17(16)27-3/h4-11H,12H2,1-3H3,(H3,21,22,23,24,25,26,28). The van der Waals surface area contributed by atoms with E-state index in [1.165, 1.54) is 0 Å². The van der Waals surface area contributed by atoms with Gasteiger partial charge in [-0.05, 0) is 55.7 Å². The average molecular weight is 427 g/mol. The molecule has 0 aliphatic carbocycles. The van der Waals surface area contributed by atoms with Crippen LogP contribution < -0.4 is 20.7 Å². The van der Waals surface area contributed by atoms with Gasteiger partial charge in [-0.2, -0.15) is 0 Å². The predicted molar refractivity (Wildman–Crippen MR) is 123 cm³/mol. The number of nitrogens with zero attached hydrogens (tertiary/aromatic N) is 3. The minimum atomic E-state index is 0.372. The summed E-state index contributed by atoms with van der Waals surface area (Å²) < 4.78 is 5.36. The largest absolute Gasteiger partial charge is 0.495 e. The summed E-state index contributed by atoms with van der Waals surface area (Å²) in [6.45, 7) is 4.35. The number of thiophene rings is 1. The molecule has 0 saturated carbocycles. The summed E-state index contributed by atoms with van der Waals surface area (Å²) in [5, 5.41) is 11.7. The molecule has 2 aromatic heterocycles. The van der Waals surface area contributed by atoms with Crippen LogP contribution in [0.15, 0.2) is 52.8 Å². The molecule has 0 unspecified atom stereocenters. The molecule has 7 nitrogen and oxygen atoms in total.